The highest BCUT2D eigenvalue weighted by Gasteiger charge is 2.23. The molecule has 1 saturated heterocycles. The third-order valence-electron chi connectivity index (χ3n) is 2.89. The molecule has 3 heteroatoms. The Labute approximate surface area is 89.4 Å². The molecule has 0 radical (unpaired) electrons. The molecule has 1 aliphatic rings. The standard InChI is InChI=1S/C12H16FNO/c1-8-7-10(3-4-11(8)13)14-12-5-6-15-9(12)2/h3-4,7,9,12,14H,5-6H2,1-2H3/t9-,12+/m1/s1. The van der Waals surface area contributed by atoms with Crippen molar-refractivity contribution < 1.29 is 9.13 Å². The van der Waals surface area contributed by atoms with Crippen LogP contribution in [0.4, 0.5) is 10.1 Å². The summed E-state index contributed by atoms with van der Waals surface area (Å²) >= 11 is 0. The number of anilines is 1. The van der Waals surface area contributed by atoms with Gasteiger partial charge < -0.3 is 10.1 Å². The largest absolute Gasteiger partial charge is 0.380 e. The molecular weight excluding hydrogens is 193 g/mol. The summed E-state index contributed by atoms with van der Waals surface area (Å²) in [6, 6.07) is 5.45. The SMILES string of the molecule is Cc1cc(N[C@H]2CCO[C@@H]2C)ccc1F. The zero-order valence-electron chi connectivity index (χ0n) is 9.09. The molecule has 1 N–H and O–H groups in total. The van der Waals surface area contributed by atoms with Crippen molar-refractivity contribution in [3.8, 4) is 0 Å². The summed E-state index contributed by atoms with van der Waals surface area (Å²) in [5.74, 6) is -0.156. The molecule has 1 heterocycles. The van der Waals surface area contributed by atoms with Gasteiger partial charge in [0.15, 0.2) is 0 Å². The number of halogens is 1. The van der Waals surface area contributed by atoms with E-state index in [4.69, 9.17) is 4.74 Å². The van der Waals surface area contributed by atoms with Crippen LogP contribution in [0, 0.1) is 12.7 Å². The molecule has 0 aromatic heterocycles. The van der Waals surface area contributed by atoms with Crippen LogP contribution in [0.15, 0.2) is 18.2 Å². The molecule has 1 aliphatic heterocycles. The third-order valence-corrected chi connectivity index (χ3v) is 2.89. The number of hydrogen-bond acceptors (Lipinski definition) is 2. The summed E-state index contributed by atoms with van der Waals surface area (Å²) < 4.78 is 18.5. The molecule has 0 amide bonds. The van der Waals surface area contributed by atoms with Gasteiger partial charge in [-0.25, -0.2) is 4.39 Å². The Morgan fingerprint density at radius 2 is 2.27 bits per heavy atom. The topological polar surface area (TPSA) is 21.3 Å². The Hall–Kier alpha value is -1.09. The molecule has 0 spiro atoms. The van der Waals surface area contributed by atoms with Crippen LogP contribution in [0.3, 0.4) is 0 Å². The minimum atomic E-state index is -0.156. The second-order valence-corrected chi connectivity index (χ2v) is 4.08. The second-order valence-electron chi connectivity index (χ2n) is 4.08. The lowest BCUT2D eigenvalue weighted by molar-refractivity contribution is 0.121. The van der Waals surface area contributed by atoms with Gasteiger partial charge in [0.25, 0.3) is 0 Å². The number of rotatable bonds is 2. The van der Waals surface area contributed by atoms with E-state index in [1.165, 1.54) is 6.07 Å². The van der Waals surface area contributed by atoms with E-state index in [2.05, 4.69) is 12.2 Å². The Balaban J connectivity index is 2.07. The predicted octanol–water partition coefficient (Wildman–Crippen LogP) is 2.72. The lowest BCUT2D eigenvalue weighted by atomic mass is 10.1. The van der Waals surface area contributed by atoms with E-state index in [9.17, 15) is 4.39 Å². The molecule has 15 heavy (non-hydrogen) atoms. The van der Waals surface area contributed by atoms with E-state index in [0.717, 1.165) is 18.7 Å². The summed E-state index contributed by atoms with van der Waals surface area (Å²) in [6.07, 6.45) is 1.24. The fraction of sp³-hybridized carbons (Fsp3) is 0.500. The third kappa shape index (κ3) is 2.29. The maximum Gasteiger partial charge on any atom is 0.126 e. The first-order valence-corrected chi connectivity index (χ1v) is 5.31. The van der Waals surface area contributed by atoms with Crippen LogP contribution in [0.2, 0.25) is 0 Å². The van der Waals surface area contributed by atoms with Crippen molar-refractivity contribution in [2.24, 2.45) is 0 Å². The predicted molar refractivity (Wildman–Crippen MR) is 58.6 cm³/mol. The highest BCUT2D eigenvalue weighted by molar-refractivity contribution is 5.47. The molecule has 0 aliphatic carbocycles. The summed E-state index contributed by atoms with van der Waals surface area (Å²) in [4.78, 5) is 0. The van der Waals surface area contributed by atoms with Crippen molar-refractivity contribution >= 4 is 5.69 Å². The maximum atomic E-state index is 13.0. The van der Waals surface area contributed by atoms with Gasteiger partial charge in [-0.15, -0.1) is 0 Å². The van der Waals surface area contributed by atoms with E-state index in [1.54, 1.807) is 13.0 Å². The molecule has 0 unspecified atom stereocenters. The van der Waals surface area contributed by atoms with Crippen LogP contribution in [-0.2, 0) is 4.74 Å². The highest BCUT2D eigenvalue weighted by Crippen LogP contribution is 2.20. The minimum Gasteiger partial charge on any atom is -0.380 e. The fourth-order valence-corrected chi connectivity index (χ4v) is 1.87. The zero-order valence-corrected chi connectivity index (χ0v) is 9.09. The fourth-order valence-electron chi connectivity index (χ4n) is 1.87. The first-order chi connectivity index (χ1) is 7.16. The van der Waals surface area contributed by atoms with Gasteiger partial charge in [-0.3, -0.25) is 0 Å². The van der Waals surface area contributed by atoms with Crippen molar-refractivity contribution in [3.63, 3.8) is 0 Å². The molecule has 0 bridgehead atoms. The van der Waals surface area contributed by atoms with Crippen LogP contribution >= 0.6 is 0 Å². The average molecular weight is 209 g/mol. The summed E-state index contributed by atoms with van der Waals surface area (Å²) in [5, 5.41) is 3.37. The van der Waals surface area contributed by atoms with Crippen molar-refractivity contribution in [2.75, 3.05) is 11.9 Å². The van der Waals surface area contributed by atoms with Gasteiger partial charge in [0.05, 0.1) is 12.1 Å². The maximum absolute atomic E-state index is 13.0. The Kier molecular flexibility index (Phi) is 2.91. The smallest absolute Gasteiger partial charge is 0.126 e. The number of aryl methyl sites for hydroxylation is 1. The van der Waals surface area contributed by atoms with E-state index < -0.39 is 0 Å². The molecule has 2 nitrogen and oxygen atoms in total. The van der Waals surface area contributed by atoms with Crippen LogP contribution in [0.5, 0.6) is 0 Å². The van der Waals surface area contributed by atoms with E-state index in [-0.39, 0.29) is 11.9 Å². The van der Waals surface area contributed by atoms with Crippen LogP contribution in [0.1, 0.15) is 18.9 Å². The van der Waals surface area contributed by atoms with E-state index in [0.29, 0.717) is 11.6 Å². The lowest BCUT2D eigenvalue weighted by Gasteiger charge is -2.17. The summed E-state index contributed by atoms with van der Waals surface area (Å²) in [5.41, 5.74) is 1.64. The van der Waals surface area contributed by atoms with Crippen molar-refractivity contribution in [3.05, 3.63) is 29.6 Å². The van der Waals surface area contributed by atoms with Crippen LogP contribution < -0.4 is 5.32 Å². The Morgan fingerprint density at radius 3 is 2.87 bits per heavy atom. The van der Waals surface area contributed by atoms with Gasteiger partial charge in [-0.05, 0) is 44.0 Å². The van der Waals surface area contributed by atoms with Gasteiger partial charge >= 0.3 is 0 Å². The molecule has 0 saturated carbocycles. The van der Waals surface area contributed by atoms with E-state index in [1.807, 2.05) is 6.07 Å². The Bertz CT molecular complexity index is 353. The number of benzene rings is 1. The summed E-state index contributed by atoms with van der Waals surface area (Å²) in [7, 11) is 0. The normalized spacial score (nSPS) is 25.5. The molecule has 1 fully saturated rings. The van der Waals surface area contributed by atoms with Gasteiger partial charge in [-0.2, -0.15) is 0 Å². The van der Waals surface area contributed by atoms with Crippen molar-refractivity contribution in [2.45, 2.75) is 32.4 Å². The van der Waals surface area contributed by atoms with Gasteiger partial charge in [0, 0.05) is 12.3 Å². The molecule has 2 rings (SSSR count). The van der Waals surface area contributed by atoms with Gasteiger partial charge in [0.1, 0.15) is 5.82 Å². The zero-order chi connectivity index (χ0) is 10.8. The molecule has 2 atom stereocenters. The summed E-state index contributed by atoms with van der Waals surface area (Å²) in [6.45, 7) is 4.63. The number of ether oxygens (including phenoxy) is 1. The quantitative estimate of drug-likeness (QED) is 0.808. The molecular formula is C12H16FNO. The monoisotopic (exact) mass is 209 g/mol. The van der Waals surface area contributed by atoms with Crippen LogP contribution in [-0.4, -0.2) is 18.8 Å². The minimum absolute atomic E-state index is 0.156. The average Bonchev–Trinajstić information content (AvgIpc) is 2.59. The van der Waals surface area contributed by atoms with Crippen molar-refractivity contribution in [1.82, 2.24) is 0 Å². The van der Waals surface area contributed by atoms with Crippen molar-refractivity contribution in [1.29, 1.82) is 0 Å². The molecule has 82 valence electrons. The Morgan fingerprint density at radius 1 is 1.47 bits per heavy atom. The first-order valence-electron chi connectivity index (χ1n) is 5.31. The molecule has 1 aromatic carbocycles. The highest BCUT2D eigenvalue weighted by atomic mass is 19.1. The first kappa shape index (κ1) is 10.4. The number of nitrogens with one attached hydrogen (secondary N) is 1. The molecule has 1 aromatic rings. The second kappa shape index (κ2) is 4.19. The van der Waals surface area contributed by atoms with E-state index >= 15 is 0 Å². The number of hydrogen-bond donors (Lipinski definition) is 1. The van der Waals surface area contributed by atoms with Crippen LogP contribution in [0.25, 0.3) is 0 Å². The lowest BCUT2D eigenvalue weighted by Crippen LogP contribution is -2.26. The van der Waals surface area contributed by atoms with Gasteiger partial charge in [-0.1, -0.05) is 0 Å². The van der Waals surface area contributed by atoms with Gasteiger partial charge in [0.2, 0.25) is 0 Å².